The van der Waals surface area contributed by atoms with Gasteiger partial charge < -0.3 is 10.1 Å². The van der Waals surface area contributed by atoms with Crippen molar-refractivity contribution in [1.82, 2.24) is 0 Å². The molecule has 0 bridgehead atoms. The topological polar surface area (TPSA) is 55.4 Å². The molecule has 0 aromatic heterocycles. The molecule has 0 aliphatic rings. The summed E-state index contributed by atoms with van der Waals surface area (Å²) < 4.78 is 5.49. The number of benzene rings is 2. The lowest BCUT2D eigenvalue weighted by Crippen LogP contribution is -2.14. The van der Waals surface area contributed by atoms with Crippen molar-refractivity contribution in [2.75, 3.05) is 11.9 Å². The number of aryl methyl sites for hydroxylation is 1. The van der Waals surface area contributed by atoms with Crippen LogP contribution in [-0.4, -0.2) is 18.3 Å². The van der Waals surface area contributed by atoms with Crippen molar-refractivity contribution in [3.8, 4) is 5.75 Å². The average Bonchev–Trinajstić information content (AvgIpc) is 2.60. The van der Waals surface area contributed by atoms with Crippen molar-refractivity contribution in [3.63, 3.8) is 0 Å². The predicted molar refractivity (Wildman–Crippen MR) is 95.6 cm³/mol. The van der Waals surface area contributed by atoms with Gasteiger partial charge in [0.1, 0.15) is 5.75 Å². The summed E-state index contributed by atoms with van der Waals surface area (Å²) in [5.41, 5.74) is 2.38. The standard InChI is InChI=1S/C20H23NO3/c1-3-14-24-17-10-8-16(9-11-17)19(22)12-13-20(23)21-18-7-5-4-6-15(18)2/h4-11H,3,12-14H2,1-2H3,(H,21,23). The molecule has 24 heavy (non-hydrogen) atoms. The molecule has 0 saturated carbocycles. The van der Waals surface area contributed by atoms with Crippen molar-refractivity contribution >= 4 is 17.4 Å². The maximum Gasteiger partial charge on any atom is 0.224 e. The summed E-state index contributed by atoms with van der Waals surface area (Å²) in [6.07, 6.45) is 1.30. The Labute approximate surface area is 142 Å². The first-order valence-corrected chi connectivity index (χ1v) is 8.21. The van der Waals surface area contributed by atoms with Crippen LogP contribution in [-0.2, 0) is 4.79 Å². The van der Waals surface area contributed by atoms with Gasteiger partial charge in [0.15, 0.2) is 5.78 Å². The fourth-order valence-electron chi connectivity index (χ4n) is 2.25. The van der Waals surface area contributed by atoms with Gasteiger partial charge >= 0.3 is 0 Å². The van der Waals surface area contributed by atoms with E-state index in [0.29, 0.717) is 12.2 Å². The fourth-order valence-corrected chi connectivity index (χ4v) is 2.25. The van der Waals surface area contributed by atoms with Gasteiger partial charge in [-0.15, -0.1) is 0 Å². The van der Waals surface area contributed by atoms with Gasteiger partial charge in [-0.2, -0.15) is 0 Å². The fraction of sp³-hybridized carbons (Fsp3) is 0.300. The highest BCUT2D eigenvalue weighted by atomic mass is 16.5. The molecule has 0 saturated heterocycles. The van der Waals surface area contributed by atoms with E-state index < -0.39 is 0 Å². The predicted octanol–water partition coefficient (Wildman–Crippen LogP) is 4.39. The second-order valence-electron chi connectivity index (χ2n) is 5.66. The molecule has 0 radical (unpaired) electrons. The van der Waals surface area contributed by atoms with E-state index in [9.17, 15) is 9.59 Å². The van der Waals surface area contributed by atoms with Gasteiger partial charge in [-0.1, -0.05) is 25.1 Å². The molecular weight excluding hydrogens is 302 g/mol. The van der Waals surface area contributed by atoms with E-state index in [2.05, 4.69) is 5.32 Å². The molecule has 2 aromatic carbocycles. The van der Waals surface area contributed by atoms with Gasteiger partial charge in [0.05, 0.1) is 6.61 Å². The van der Waals surface area contributed by atoms with Crippen LogP contribution in [0.2, 0.25) is 0 Å². The van der Waals surface area contributed by atoms with Crippen molar-refractivity contribution < 1.29 is 14.3 Å². The number of carbonyl (C=O) groups excluding carboxylic acids is 2. The van der Waals surface area contributed by atoms with Gasteiger partial charge in [0.25, 0.3) is 0 Å². The Morgan fingerprint density at radius 1 is 1.00 bits per heavy atom. The first-order valence-electron chi connectivity index (χ1n) is 8.21. The minimum atomic E-state index is -0.152. The zero-order valence-corrected chi connectivity index (χ0v) is 14.2. The normalized spacial score (nSPS) is 10.2. The third-order valence-corrected chi connectivity index (χ3v) is 3.65. The molecule has 0 aliphatic heterocycles. The number of nitrogens with one attached hydrogen (secondary N) is 1. The summed E-state index contributed by atoms with van der Waals surface area (Å²) in [6.45, 7) is 4.63. The second kappa shape index (κ2) is 8.87. The molecule has 4 heteroatoms. The maximum atomic E-state index is 12.2. The summed E-state index contributed by atoms with van der Waals surface area (Å²) >= 11 is 0. The molecule has 0 aliphatic carbocycles. The smallest absolute Gasteiger partial charge is 0.224 e. The van der Waals surface area contributed by atoms with Crippen LogP contribution < -0.4 is 10.1 Å². The number of hydrogen-bond acceptors (Lipinski definition) is 3. The van der Waals surface area contributed by atoms with E-state index in [1.807, 2.05) is 38.1 Å². The number of amides is 1. The summed E-state index contributed by atoms with van der Waals surface area (Å²) in [5.74, 6) is 0.559. The lowest BCUT2D eigenvalue weighted by atomic mass is 10.1. The molecule has 1 N–H and O–H groups in total. The summed E-state index contributed by atoms with van der Waals surface area (Å²) in [7, 11) is 0. The Bertz CT molecular complexity index is 692. The minimum absolute atomic E-state index is 0.0445. The third kappa shape index (κ3) is 5.23. The van der Waals surface area contributed by atoms with Crippen LogP contribution in [0, 0.1) is 6.92 Å². The molecule has 0 spiro atoms. The number of anilines is 1. The number of hydrogen-bond donors (Lipinski definition) is 1. The highest BCUT2D eigenvalue weighted by Crippen LogP contribution is 2.16. The van der Waals surface area contributed by atoms with E-state index in [4.69, 9.17) is 4.74 Å². The van der Waals surface area contributed by atoms with Crippen molar-refractivity contribution in [2.24, 2.45) is 0 Å². The van der Waals surface area contributed by atoms with Gasteiger partial charge in [0.2, 0.25) is 5.91 Å². The average molecular weight is 325 g/mol. The van der Waals surface area contributed by atoms with Gasteiger partial charge in [-0.25, -0.2) is 0 Å². The Morgan fingerprint density at radius 2 is 1.71 bits per heavy atom. The Kier molecular flexibility index (Phi) is 6.55. The molecule has 0 unspecified atom stereocenters. The second-order valence-corrected chi connectivity index (χ2v) is 5.66. The first-order chi connectivity index (χ1) is 11.6. The molecule has 4 nitrogen and oxygen atoms in total. The number of Topliss-reactive ketones (excluding diaryl/α,β-unsaturated/α-hetero) is 1. The van der Waals surface area contributed by atoms with E-state index in [1.165, 1.54) is 0 Å². The lowest BCUT2D eigenvalue weighted by Gasteiger charge is -2.08. The van der Waals surface area contributed by atoms with Crippen LogP contribution in [0.25, 0.3) is 0 Å². The number of rotatable bonds is 8. The number of carbonyl (C=O) groups is 2. The van der Waals surface area contributed by atoms with E-state index in [-0.39, 0.29) is 24.5 Å². The molecule has 1 amide bonds. The highest BCUT2D eigenvalue weighted by Gasteiger charge is 2.10. The summed E-state index contributed by atoms with van der Waals surface area (Å²) in [6, 6.07) is 14.6. The Balaban J connectivity index is 1.84. The maximum absolute atomic E-state index is 12.2. The molecule has 2 rings (SSSR count). The first kappa shape index (κ1) is 17.7. The minimum Gasteiger partial charge on any atom is -0.494 e. The molecular formula is C20H23NO3. The van der Waals surface area contributed by atoms with Crippen LogP contribution in [0.4, 0.5) is 5.69 Å². The zero-order valence-electron chi connectivity index (χ0n) is 14.2. The largest absolute Gasteiger partial charge is 0.494 e. The van der Waals surface area contributed by atoms with Crippen LogP contribution >= 0.6 is 0 Å². The Morgan fingerprint density at radius 3 is 2.38 bits per heavy atom. The van der Waals surface area contributed by atoms with E-state index in [1.54, 1.807) is 24.3 Å². The third-order valence-electron chi connectivity index (χ3n) is 3.65. The van der Waals surface area contributed by atoms with E-state index in [0.717, 1.165) is 23.4 Å². The number of ether oxygens (including phenoxy) is 1. The molecule has 2 aromatic rings. The quantitative estimate of drug-likeness (QED) is 0.733. The Hall–Kier alpha value is -2.62. The molecule has 0 atom stereocenters. The highest BCUT2D eigenvalue weighted by molar-refractivity contribution is 6.00. The van der Waals surface area contributed by atoms with Crippen LogP contribution in [0.3, 0.4) is 0 Å². The van der Waals surface area contributed by atoms with E-state index >= 15 is 0 Å². The summed E-state index contributed by atoms with van der Waals surface area (Å²) in [5, 5.41) is 2.84. The lowest BCUT2D eigenvalue weighted by molar-refractivity contribution is -0.116. The number of ketones is 1. The number of para-hydroxylation sites is 1. The molecule has 126 valence electrons. The zero-order chi connectivity index (χ0) is 17.4. The van der Waals surface area contributed by atoms with Crippen LogP contribution in [0.1, 0.15) is 42.1 Å². The van der Waals surface area contributed by atoms with Gasteiger partial charge in [-0.05, 0) is 49.2 Å². The van der Waals surface area contributed by atoms with Crippen LogP contribution in [0.5, 0.6) is 5.75 Å². The monoisotopic (exact) mass is 325 g/mol. The van der Waals surface area contributed by atoms with Crippen molar-refractivity contribution in [2.45, 2.75) is 33.1 Å². The van der Waals surface area contributed by atoms with Gasteiger partial charge in [0, 0.05) is 24.1 Å². The summed E-state index contributed by atoms with van der Waals surface area (Å²) in [4.78, 5) is 24.2. The van der Waals surface area contributed by atoms with Gasteiger partial charge in [-0.3, -0.25) is 9.59 Å². The van der Waals surface area contributed by atoms with Crippen LogP contribution in [0.15, 0.2) is 48.5 Å². The van der Waals surface area contributed by atoms with Crippen molar-refractivity contribution in [1.29, 1.82) is 0 Å². The van der Waals surface area contributed by atoms with Crippen molar-refractivity contribution in [3.05, 3.63) is 59.7 Å². The SMILES string of the molecule is CCCOc1ccc(C(=O)CCC(=O)Nc2ccccc2C)cc1. The molecule has 0 heterocycles. The molecule has 0 fully saturated rings.